The van der Waals surface area contributed by atoms with E-state index in [1.807, 2.05) is 0 Å². The van der Waals surface area contributed by atoms with Gasteiger partial charge in [0.05, 0.1) is 0 Å². The van der Waals surface area contributed by atoms with E-state index >= 15 is 0 Å². The van der Waals surface area contributed by atoms with E-state index in [2.05, 4.69) is 5.32 Å². The highest BCUT2D eigenvalue weighted by atomic mass is 19.1. The molecule has 0 saturated heterocycles. The van der Waals surface area contributed by atoms with E-state index in [-0.39, 0.29) is 44.3 Å². The number of aryl methyl sites for hydroxylation is 1. The molecule has 2 atom stereocenters. The van der Waals surface area contributed by atoms with Crippen molar-refractivity contribution in [3.8, 4) is 11.5 Å². The maximum absolute atomic E-state index is 13.6. The smallest absolute Gasteiger partial charge is 0.268 e. The van der Waals surface area contributed by atoms with Crippen molar-refractivity contribution in [1.29, 1.82) is 0 Å². The van der Waals surface area contributed by atoms with Gasteiger partial charge in [-0.15, -0.1) is 0 Å². The molecular weight excluding hydrogens is 455 g/mol. The molecule has 0 spiro atoms. The maximum atomic E-state index is 13.6. The van der Waals surface area contributed by atoms with Gasteiger partial charge >= 0.3 is 0 Å². The first-order chi connectivity index (χ1) is 17.0. The number of carbonyl (C=O) groups is 2. The molecule has 0 fully saturated rings. The van der Waals surface area contributed by atoms with Crippen LogP contribution in [0.15, 0.2) is 65.1 Å². The second kappa shape index (κ2) is 11.1. The van der Waals surface area contributed by atoms with Gasteiger partial charge in [-0.2, -0.15) is 0 Å². The van der Waals surface area contributed by atoms with Crippen molar-refractivity contribution >= 4 is 11.8 Å². The van der Waals surface area contributed by atoms with Crippen molar-refractivity contribution in [1.82, 2.24) is 10.2 Å². The van der Waals surface area contributed by atoms with E-state index in [0.717, 1.165) is 0 Å². The molecule has 0 aliphatic carbocycles. The fourth-order valence-electron chi connectivity index (χ4n) is 3.85. The van der Waals surface area contributed by atoms with E-state index in [9.17, 15) is 19.1 Å². The average molecular weight is 483 g/mol. The Kier molecular flexibility index (Phi) is 7.67. The second-order valence-electron chi connectivity index (χ2n) is 8.17. The van der Waals surface area contributed by atoms with Crippen molar-refractivity contribution in [2.75, 3.05) is 19.8 Å². The molecule has 1 aliphatic heterocycles. The van der Waals surface area contributed by atoms with E-state index in [0.29, 0.717) is 22.8 Å². The van der Waals surface area contributed by atoms with Crippen LogP contribution in [0.2, 0.25) is 0 Å². The second-order valence-corrected chi connectivity index (χ2v) is 8.17. The van der Waals surface area contributed by atoms with E-state index in [1.165, 1.54) is 17.0 Å². The van der Waals surface area contributed by atoms with Gasteiger partial charge in [0.25, 0.3) is 11.8 Å². The lowest BCUT2D eigenvalue weighted by Crippen LogP contribution is -2.51. The Hall–Kier alpha value is -3.85. The quantitative estimate of drug-likeness (QED) is 0.486. The summed E-state index contributed by atoms with van der Waals surface area (Å²) in [5, 5.41) is 12.3. The van der Waals surface area contributed by atoms with Gasteiger partial charge in [-0.1, -0.05) is 24.3 Å². The molecule has 2 aromatic carbocycles. The molecule has 2 heterocycles. The molecule has 2 N–H and O–H groups in total. The molecule has 8 nitrogen and oxygen atoms in total. The predicted molar refractivity (Wildman–Crippen MR) is 124 cm³/mol. The van der Waals surface area contributed by atoms with Crippen LogP contribution in [0.4, 0.5) is 4.39 Å². The lowest BCUT2D eigenvalue weighted by Gasteiger charge is -2.34. The first-order valence-electron chi connectivity index (χ1n) is 11.3. The van der Waals surface area contributed by atoms with Crippen LogP contribution >= 0.6 is 0 Å². The summed E-state index contributed by atoms with van der Waals surface area (Å²) in [5.74, 6) is 0.510. The highest BCUT2D eigenvalue weighted by molar-refractivity contribution is 5.90. The standard InChI is InChI=1S/C26H27FN2O6/c1-17-7-12-22(34-17)24(25(31)28-15-18-8-10-19(27)11-9-18)29(13-4-14-30)26(32)23-16-33-20-5-2-3-6-21(20)35-23/h2-3,5-12,23-24,30H,4,13-16H2,1H3,(H,28,31)/t23-,24+/m0/s1. The SMILES string of the molecule is Cc1ccc([C@H](C(=O)NCc2ccc(F)cc2)N(CCCO)C(=O)[C@@H]2COc3ccccc3O2)o1. The highest BCUT2D eigenvalue weighted by Crippen LogP contribution is 2.32. The van der Waals surface area contributed by atoms with Gasteiger partial charge in [0.15, 0.2) is 17.5 Å². The van der Waals surface area contributed by atoms with Crippen LogP contribution in [0.5, 0.6) is 11.5 Å². The number of amides is 2. The number of benzene rings is 2. The summed E-state index contributed by atoms with van der Waals surface area (Å²) in [5.41, 5.74) is 0.697. The zero-order valence-corrected chi connectivity index (χ0v) is 19.3. The fraction of sp³-hybridized carbons (Fsp3) is 0.308. The Morgan fingerprint density at radius 2 is 1.86 bits per heavy atom. The number of halogens is 1. The summed E-state index contributed by atoms with van der Waals surface area (Å²) >= 11 is 0. The average Bonchev–Trinajstić information content (AvgIpc) is 3.30. The van der Waals surface area contributed by atoms with Crippen LogP contribution in [0.25, 0.3) is 0 Å². The lowest BCUT2D eigenvalue weighted by atomic mass is 10.1. The molecule has 4 rings (SSSR count). The third kappa shape index (κ3) is 5.81. The largest absolute Gasteiger partial charge is 0.485 e. The molecule has 35 heavy (non-hydrogen) atoms. The molecule has 1 aromatic heterocycles. The third-order valence-electron chi connectivity index (χ3n) is 5.59. The van der Waals surface area contributed by atoms with Crippen molar-refractivity contribution in [2.45, 2.75) is 32.0 Å². The van der Waals surface area contributed by atoms with Crippen molar-refractivity contribution in [3.05, 3.63) is 83.6 Å². The van der Waals surface area contributed by atoms with E-state index in [4.69, 9.17) is 13.9 Å². The number of nitrogens with one attached hydrogen (secondary N) is 1. The molecule has 3 aromatic rings. The highest BCUT2D eigenvalue weighted by Gasteiger charge is 2.39. The summed E-state index contributed by atoms with van der Waals surface area (Å²) in [4.78, 5) is 28.4. The number of rotatable bonds is 9. The maximum Gasteiger partial charge on any atom is 0.268 e. The number of aliphatic hydroxyl groups is 1. The molecule has 9 heteroatoms. The van der Waals surface area contributed by atoms with Gasteiger partial charge in [-0.25, -0.2) is 4.39 Å². The van der Waals surface area contributed by atoms with E-state index < -0.39 is 24.0 Å². The van der Waals surface area contributed by atoms with Gasteiger partial charge in [-0.05, 0) is 55.3 Å². The first-order valence-corrected chi connectivity index (χ1v) is 11.3. The Bertz CT molecular complexity index is 1160. The molecule has 0 unspecified atom stereocenters. The van der Waals surface area contributed by atoms with Gasteiger partial charge in [0, 0.05) is 19.7 Å². The van der Waals surface area contributed by atoms with Gasteiger partial charge in [0.2, 0.25) is 6.10 Å². The lowest BCUT2D eigenvalue weighted by molar-refractivity contribution is -0.149. The zero-order valence-electron chi connectivity index (χ0n) is 19.3. The molecular formula is C26H27FN2O6. The number of nitrogens with zero attached hydrogens (tertiary/aromatic N) is 1. The Morgan fingerprint density at radius 3 is 2.54 bits per heavy atom. The van der Waals surface area contributed by atoms with Crippen LogP contribution in [0, 0.1) is 12.7 Å². The third-order valence-corrected chi connectivity index (χ3v) is 5.59. The van der Waals surface area contributed by atoms with Crippen LogP contribution in [0.3, 0.4) is 0 Å². The monoisotopic (exact) mass is 482 g/mol. The van der Waals surface area contributed by atoms with Crippen molar-refractivity contribution in [2.24, 2.45) is 0 Å². The molecule has 0 saturated carbocycles. The summed E-state index contributed by atoms with van der Waals surface area (Å²) in [6, 6.07) is 15.0. The summed E-state index contributed by atoms with van der Waals surface area (Å²) in [6.07, 6.45) is -0.732. The first kappa shape index (κ1) is 24.3. The summed E-state index contributed by atoms with van der Waals surface area (Å²) in [6.45, 7) is 1.77. The van der Waals surface area contributed by atoms with Gasteiger partial charge in [-0.3, -0.25) is 9.59 Å². The van der Waals surface area contributed by atoms with Gasteiger partial charge in [0.1, 0.15) is 23.9 Å². The van der Waals surface area contributed by atoms with Crippen molar-refractivity contribution < 1.29 is 33.0 Å². The van der Waals surface area contributed by atoms with Crippen molar-refractivity contribution in [3.63, 3.8) is 0 Å². The minimum atomic E-state index is -1.11. The number of hydrogen-bond acceptors (Lipinski definition) is 6. The summed E-state index contributed by atoms with van der Waals surface area (Å²) in [7, 11) is 0. The summed E-state index contributed by atoms with van der Waals surface area (Å²) < 4.78 is 30.6. The van der Waals surface area contributed by atoms with Crippen LogP contribution in [-0.2, 0) is 16.1 Å². The van der Waals surface area contributed by atoms with Gasteiger partial charge < -0.3 is 29.2 Å². The van der Waals surface area contributed by atoms with Crippen LogP contribution < -0.4 is 14.8 Å². The van der Waals surface area contributed by atoms with Crippen LogP contribution in [0.1, 0.15) is 29.5 Å². The van der Waals surface area contributed by atoms with Crippen LogP contribution in [-0.4, -0.2) is 47.7 Å². The molecule has 1 aliphatic rings. The number of aliphatic hydroxyl groups excluding tert-OH is 1. The number of furan rings is 1. The number of hydrogen-bond donors (Lipinski definition) is 2. The molecule has 0 radical (unpaired) electrons. The van der Waals surface area contributed by atoms with E-state index in [1.54, 1.807) is 55.5 Å². The molecule has 2 amide bonds. The topological polar surface area (TPSA) is 101 Å². The predicted octanol–water partition coefficient (Wildman–Crippen LogP) is 3.14. The number of carbonyl (C=O) groups excluding carboxylic acids is 2. The zero-order chi connectivity index (χ0) is 24.8. The Balaban J connectivity index is 1.59. The normalized spacial score (nSPS) is 15.3. The Morgan fingerprint density at radius 1 is 1.11 bits per heavy atom. The molecule has 184 valence electrons. The minimum absolute atomic E-state index is 0.0213. The molecule has 0 bridgehead atoms. The Labute approximate surface area is 202 Å². The fourth-order valence-corrected chi connectivity index (χ4v) is 3.85. The minimum Gasteiger partial charge on any atom is -0.485 e. The number of ether oxygens (including phenoxy) is 2. The number of para-hydroxylation sites is 2. The number of fused-ring (bicyclic) bond motifs is 1.